The number of carbonyl (C=O) groups is 2. The number of hydrogen-bond donors (Lipinski definition) is 1. The van der Waals surface area contributed by atoms with Crippen molar-refractivity contribution in [3.05, 3.63) is 83.7 Å². The third-order valence-corrected chi connectivity index (χ3v) is 8.61. The number of amides is 2. The molecule has 6 nitrogen and oxygen atoms in total. The van der Waals surface area contributed by atoms with Gasteiger partial charge in [0, 0.05) is 48.4 Å². The average molecular weight is 636 g/mol. The minimum atomic E-state index is -0.766. The maximum absolute atomic E-state index is 14.9. The Labute approximate surface area is 261 Å². The predicted molar refractivity (Wildman–Crippen MR) is 174 cm³/mol. The molecule has 3 rings (SSSR count). The van der Waals surface area contributed by atoms with E-state index in [1.165, 1.54) is 6.07 Å². The molecule has 0 aliphatic rings. The number of benzene rings is 2. The van der Waals surface area contributed by atoms with Crippen LogP contribution in [0, 0.1) is 17.0 Å². The summed E-state index contributed by atoms with van der Waals surface area (Å²) in [5.41, 5.74) is 1.98. The van der Waals surface area contributed by atoms with Gasteiger partial charge in [0.25, 0.3) is 0 Å². The van der Waals surface area contributed by atoms with Crippen LogP contribution in [0.15, 0.2) is 60.8 Å². The van der Waals surface area contributed by atoms with Gasteiger partial charge < -0.3 is 19.5 Å². The third-order valence-electron chi connectivity index (χ3n) is 6.99. The zero-order chi connectivity index (χ0) is 31.8. The van der Waals surface area contributed by atoms with Gasteiger partial charge in [-0.25, -0.2) is 23.6 Å². The van der Waals surface area contributed by atoms with Crippen molar-refractivity contribution >= 4 is 33.6 Å². The highest BCUT2D eigenvalue weighted by Crippen LogP contribution is 2.41. The first-order valence-electron chi connectivity index (χ1n) is 14.3. The SMILES string of the molecule is CC(C)(C)[C@H](c1cc(-c2cc(F)ccc2F)cn1Cc1ccccc1)N(CCCNC(=O)OCCS(C)(C)C)C(=O)CCl. The molecule has 10 heteroatoms. The Morgan fingerprint density at radius 2 is 1.77 bits per heavy atom. The number of ether oxygens (including phenoxy) is 1. The lowest BCUT2D eigenvalue weighted by molar-refractivity contribution is -0.133. The van der Waals surface area contributed by atoms with Gasteiger partial charge in [0.1, 0.15) is 24.1 Å². The minimum absolute atomic E-state index is 0.145. The number of halogens is 3. The molecule has 2 aromatic carbocycles. The summed E-state index contributed by atoms with van der Waals surface area (Å²) in [5.74, 6) is -0.723. The highest BCUT2D eigenvalue weighted by molar-refractivity contribution is 8.32. The van der Waals surface area contributed by atoms with Crippen LogP contribution in [0.3, 0.4) is 0 Å². The molecule has 0 saturated carbocycles. The van der Waals surface area contributed by atoms with Crippen molar-refractivity contribution in [1.82, 2.24) is 14.8 Å². The van der Waals surface area contributed by atoms with Crippen LogP contribution in [0.4, 0.5) is 13.6 Å². The summed E-state index contributed by atoms with van der Waals surface area (Å²) in [6, 6.07) is 14.6. The highest BCUT2D eigenvalue weighted by atomic mass is 35.5. The Morgan fingerprint density at radius 1 is 1.07 bits per heavy atom. The smallest absolute Gasteiger partial charge is 0.407 e. The van der Waals surface area contributed by atoms with Gasteiger partial charge in [0.05, 0.1) is 6.04 Å². The Morgan fingerprint density at radius 3 is 2.40 bits per heavy atom. The van der Waals surface area contributed by atoms with E-state index >= 15 is 0 Å². The molecule has 2 amide bonds. The third kappa shape index (κ3) is 10.3. The molecular formula is C33H44ClF2N3O3S. The van der Waals surface area contributed by atoms with Crippen LogP contribution < -0.4 is 5.32 Å². The lowest BCUT2D eigenvalue weighted by atomic mass is 9.83. The lowest BCUT2D eigenvalue weighted by Gasteiger charge is -2.41. The Balaban J connectivity index is 1.93. The van der Waals surface area contributed by atoms with E-state index < -0.39 is 39.2 Å². The van der Waals surface area contributed by atoms with Crippen molar-refractivity contribution in [3.8, 4) is 11.1 Å². The number of rotatable bonds is 13. The van der Waals surface area contributed by atoms with Crippen molar-refractivity contribution in [2.24, 2.45) is 5.41 Å². The molecule has 1 heterocycles. The fourth-order valence-corrected chi connectivity index (χ4v) is 5.70. The topological polar surface area (TPSA) is 63.6 Å². The monoisotopic (exact) mass is 635 g/mol. The minimum Gasteiger partial charge on any atom is -0.449 e. The molecule has 236 valence electrons. The molecule has 1 N–H and O–H groups in total. The molecule has 43 heavy (non-hydrogen) atoms. The van der Waals surface area contributed by atoms with Crippen LogP contribution in [-0.2, 0) is 16.1 Å². The van der Waals surface area contributed by atoms with Gasteiger partial charge in [-0.3, -0.25) is 4.79 Å². The van der Waals surface area contributed by atoms with Gasteiger partial charge in [-0.1, -0.05) is 51.1 Å². The Kier molecular flexibility index (Phi) is 12.1. The van der Waals surface area contributed by atoms with E-state index in [-0.39, 0.29) is 17.4 Å². The molecule has 0 aliphatic carbocycles. The van der Waals surface area contributed by atoms with Gasteiger partial charge in [-0.2, -0.15) is 0 Å². The molecule has 3 aromatic rings. The van der Waals surface area contributed by atoms with Gasteiger partial charge >= 0.3 is 6.09 Å². The fraction of sp³-hybridized carbons (Fsp3) is 0.455. The summed E-state index contributed by atoms with van der Waals surface area (Å²) < 4.78 is 36.4. The summed E-state index contributed by atoms with van der Waals surface area (Å²) in [6.07, 6.45) is 8.28. The van der Waals surface area contributed by atoms with Gasteiger partial charge in [-0.15, -0.1) is 11.6 Å². The first-order valence-corrected chi connectivity index (χ1v) is 17.9. The number of nitrogens with zero attached hydrogens (tertiary/aromatic N) is 2. The molecule has 1 atom stereocenters. The van der Waals surface area contributed by atoms with Gasteiger partial charge in [0.15, 0.2) is 0 Å². The van der Waals surface area contributed by atoms with Crippen LogP contribution in [0.5, 0.6) is 0 Å². The Bertz CT molecular complexity index is 1370. The van der Waals surface area contributed by atoms with Crippen molar-refractivity contribution in [3.63, 3.8) is 0 Å². The molecule has 0 saturated heterocycles. The second kappa shape index (κ2) is 15.1. The van der Waals surface area contributed by atoms with E-state index in [1.54, 1.807) is 11.1 Å². The van der Waals surface area contributed by atoms with E-state index in [0.717, 1.165) is 29.1 Å². The molecule has 0 radical (unpaired) electrons. The number of carbonyl (C=O) groups excluding carboxylic acids is 2. The molecule has 0 bridgehead atoms. The van der Waals surface area contributed by atoms with Crippen LogP contribution in [0.25, 0.3) is 11.1 Å². The summed E-state index contributed by atoms with van der Waals surface area (Å²) in [6.45, 7) is 7.55. The Hall–Kier alpha value is -3.04. The second-order valence-electron chi connectivity index (χ2n) is 12.6. The van der Waals surface area contributed by atoms with E-state index in [1.807, 2.05) is 61.7 Å². The quantitative estimate of drug-likeness (QED) is 0.157. The van der Waals surface area contributed by atoms with E-state index in [9.17, 15) is 18.4 Å². The van der Waals surface area contributed by atoms with E-state index in [2.05, 4.69) is 24.1 Å². The zero-order valence-electron chi connectivity index (χ0n) is 26.0. The highest BCUT2D eigenvalue weighted by Gasteiger charge is 2.37. The molecular weight excluding hydrogens is 592 g/mol. The first kappa shape index (κ1) is 34.5. The number of alkyl carbamates (subject to hydrolysis) is 1. The van der Waals surface area contributed by atoms with Crippen molar-refractivity contribution in [2.45, 2.75) is 39.8 Å². The summed E-state index contributed by atoms with van der Waals surface area (Å²) in [7, 11) is -0.766. The number of hydrogen-bond acceptors (Lipinski definition) is 3. The van der Waals surface area contributed by atoms with Crippen molar-refractivity contribution in [2.75, 3.05) is 50.1 Å². The molecule has 0 fully saturated rings. The van der Waals surface area contributed by atoms with E-state index in [0.29, 0.717) is 38.2 Å². The van der Waals surface area contributed by atoms with Crippen LogP contribution in [0.2, 0.25) is 0 Å². The van der Waals surface area contributed by atoms with Crippen LogP contribution >= 0.6 is 21.6 Å². The maximum atomic E-state index is 14.9. The van der Waals surface area contributed by atoms with Crippen LogP contribution in [0.1, 0.15) is 44.5 Å². The summed E-state index contributed by atoms with van der Waals surface area (Å²) in [5, 5.41) is 2.77. The largest absolute Gasteiger partial charge is 0.449 e. The van der Waals surface area contributed by atoms with Gasteiger partial charge in [0.2, 0.25) is 5.91 Å². The first-order chi connectivity index (χ1) is 20.2. The number of alkyl halides is 1. The molecule has 0 aliphatic heterocycles. The van der Waals surface area contributed by atoms with Crippen LogP contribution in [-0.4, -0.2) is 71.6 Å². The lowest BCUT2D eigenvalue weighted by Crippen LogP contribution is -2.44. The fourth-order valence-electron chi connectivity index (χ4n) is 4.96. The number of nitrogens with one attached hydrogen (secondary N) is 1. The molecule has 0 unspecified atom stereocenters. The average Bonchev–Trinajstić information content (AvgIpc) is 3.32. The summed E-state index contributed by atoms with van der Waals surface area (Å²) >= 11 is 6.12. The maximum Gasteiger partial charge on any atom is 0.407 e. The normalized spacial score (nSPS) is 13.0. The second-order valence-corrected chi connectivity index (χ2v) is 17.4. The predicted octanol–water partition coefficient (Wildman–Crippen LogP) is 7.45. The molecule has 0 spiro atoms. The molecule has 1 aromatic heterocycles. The number of aromatic nitrogens is 1. The van der Waals surface area contributed by atoms with Gasteiger partial charge in [-0.05, 0) is 60.4 Å². The standard InChI is InChI=1S/C33H44ClF2N3O3S/c1-33(2,3)31(39(30(40)21-34)16-10-15-37-32(41)42-17-18-43(4,5)6)29-19-25(27-20-26(35)13-14-28(27)36)23-38(29)22-24-11-8-7-9-12-24/h7-9,11-14,19-20,23,31H,10,15-18,21-22H2,1-6H3,(H,37,41)/t31-/m0/s1. The van der Waals surface area contributed by atoms with Crippen molar-refractivity contribution < 1.29 is 23.1 Å². The van der Waals surface area contributed by atoms with Crippen molar-refractivity contribution in [1.29, 1.82) is 0 Å². The summed E-state index contributed by atoms with van der Waals surface area (Å²) in [4.78, 5) is 27.3. The van der Waals surface area contributed by atoms with E-state index in [4.69, 9.17) is 16.3 Å². The zero-order valence-corrected chi connectivity index (χ0v) is 27.5.